The van der Waals surface area contributed by atoms with Gasteiger partial charge in [0.25, 0.3) is 0 Å². The van der Waals surface area contributed by atoms with E-state index in [1.165, 1.54) is 0 Å². The van der Waals surface area contributed by atoms with Crippen LogP contribution in [0, 0.1) is 0 Å². The molecule has 0 saturated heterocycles. The first-order chi connectivity index (χ1) is 9.78. The number of rotatable bonds is 4. The monoisotopic (exact) mass is 286 g/mol. The minimum Gasteiger partial charge on any atom is -0.396 e. The Morgan fingerprint density at radius 1 is 1.05 bits per heavy atom. The predicted molar refractivity (Wildman–Crippen MR) is 81.1 cm³/mol. The van der Waals surface area contributed by atoms with Crippen LogP contribution >= 0.6 is 11.6 Å². The van der Waals surface area contributed by atoms with Gasteiger partial charge in [-0.3, -0.25) is 0 Å². The lowest BCUT2D eigenvalue weighted by atomic mass is 10.2. The fourth-order valence-electron chi connectivity index (χ4n) is 2.37. The lowest BCUT2D eigenvalue weighted by Crippen LogP contribution is -2.06. The highest BCUT2D eigenvalue weighted by molar-refractivity contribution is 6.30. The van der Waals surface area contributed by atoms with E-state index in [4.69, 9.17) is 11.6 Å². The summed E-state index contributed by atoms with van der Waals surface area (Å²) in [5.74, 6) is 0.906. The highest BCUT2D eigenvalue weighted by Crippen LogP contribution is 2.19. The molecular weight excluding hydrogens is 272 g/mol. The summed E-state index contributed by atoms with van der Waals surface area (Å²) in [6.45, 7) is 0.830. The second kappa shape index (κ2) is 5.65. The normalized spacial score (nSPS) is 11.1. The van der Waals surface area contributed by atoms with Crippen molar-refractivity contribution in [3.8, 4) is 0 Å². The zero-order valence-corrected chi connectivity index (χ0v) is 11.7. The van der Waals surface area contributed by atoms with Gasteiger partial charge < -0.3 is 9.67 Å². The third-order valence-electron chi connectivity index (χ3n) is 3.32. The molecule has 1 N–H and O–H groups in total. The molecule has 20 heavy (non-hydrogen) atoms. The summed E-state index contributed by atoms with van der Waals surface area (Å²) in [6.07, 6.45) is 0.558. The molecule has 4 heteroatoms. The molecule has 0 aliphatic rings. The number of imidazole rings is 1. The van der Waals surface area contributed by atoms with E-state index < -0.39 is 0 Å². The Labute approximate surface area is 122 Å². The second-order valence-electron chi connectivity index (χ2n) is 4.70. The number of nitrogens with zero attached hydrogens (tertiary/aromatic N) is 2. The molecule has 102 valence electrons. The van der Waals surface area contributed by atoms with Crippen molar-refractivity contribution in [3.63, 3.8) is 0 Å². The number of aliphatic hydroxyl groups is 1. The van der Waals surface area contributed by atoms with Crippen LogP contribution in [-0.2, 0) is 13.0 Å². The van der Waals surface area contributed by atoms with Gasteiger partial charge in [-0.15, -0.1) is 0 Å². The van der Waals surface area contributed by atoms with E-state index in [9.17, 15) is 5.11 Å². The number of aromatic nitrogens is 2. The van der Waals surface area contributed by atoms with Crippen molar-refractivity contribution in [2.45, 2.75) is 13.0 Å². The largest absolute Gasteiger partial charge is 0.396 e. The van der Waals surface area contributed by atoms with Crippen molar-refractivity contribution in [1.29, 1.82) is 0 Å². The number of aliphatic hydroxyl groups excluding tert-OH is 1. The van der Waals surface area contributed by atoms with Crippen LogP contribution in [0.25, 0.3) is 11.0 Å². The van der Waals surface area contributed by atoms with Gasteiger partial charge in [0, 0.05) is 18.0 Å². The molecule has 0 amide bonds. The van der Waals surface area contributed by atoms with Gasteiger partial charge in [-0.05, 0) is 29.8 Å². The molecule has 3 nitrogen and oxygen atoms in total. The van der Waals surface area contributed by atoms with Gasteiger partial charge in [-0.2, -0.15) is 0 Å². The van der Waals surface area contributed by atoms with Crippen LogP contribution in [0.3, 0.4) is 0 Å². The topological polar surface area (TPSA) is 38.1 Å². The van der Waals surface area contributed by atoms with Crippen molar-refractivity contribution in [2.75, 3.05) is 6.61 Å². The summed E-state index contributed by atoms with van der Waals surface area (Å²) >= 11 is 5.92. The quantitative estimate of drug-likeness (QED) is 0.799. The van der Waals surface area contributed by atoms with E-state index >= 15 is 0 Å². The first-order valence-corrected chi connectivity index (χ1v) is 6.95. The van der Waals surface area contributed by atoms with E-state index in [-0.39, 0.29) is 6.61 Å². The summed E-state index contributed by atoms with van der Waals surface area (Å²) in [7, 11) is 0. The van der Waals surface area contributed by atoms with Gasteiger partial charge in [0.15, 0.2) is 0 Å². The molecule has 1 aromatic heterocycles. The second-order valence-corrected chi connectivity index (χ2v) is 5.14. The zero-order chi connectivity index (χ0) is 13.9. The van der Waals surface area contributed by atoms with Crippen LogP contribution in [-0.4, -0.2) is 21.3 Å². The Kier molecular flexibility index (Phi) is 3.72. The molecule has 0 unspecified atom stereocenters. The fourth-order valence-corrected chi connectivity index (χ4v) is 2.49. The molecule has 0 radical (unpaired) electrons. The van der Waals surface area contributed by atoms with Gasteiger partial charge in [-0.1, -0.05) is 35.9 Å². The summed E-state index contributed by atoms with van der Waals surface area (Å²) < 4.78 is 2.15. The number of fused-ring (bicyclic) bond motifs is 1. The van der Waals surface area contributed by atoms with Gasteiger partial charge in [0.2, 0.25) is 0 Å². The molecule has 0 atom stereocenters. The van der Waals surface area contributed by atoms with Crippen LogP contribution < -0.4 is 0 Å². The molecule has 0 spiro atoms. The first-order valence-electron chi connectivity index (χ1n) is 6.57. The van der Waals surface area contributed by atoms with E-state index in [0.717, 1.165) is 34.0 Å². The predicted octanol–water partition coefficient (Wildman–Crippen LogP) is 3.27. The number of para-hydroxylation sites is 2. The SMILES string of the molecule is OCCc1nc2ccccc2n1Cc1ccc(Cl)cc1. The molecule has 0 aliphatic heterocycles. The number of hydrogen-bond donors (Lipinski definition) is 1. The average molecular weight is 287 g/mol. The van der Waals surface area contributed by atoms with Crippen LogP contribution in [0.2, 0.25) is 5.02 Å². The first kappa shape index (κ1) is 13.2. The Balaban J connectivity index is 2.04. The maximum absolute atomic E-state index is 9.20. The number of halogens is 1. The van der Waals surface area contributed by atoms with E-state index in [1.54, 1.807) is 0 Å². The number of benzene rings is 2. The summed E-state index contributed by atoms with van der Waals surface area (Å²) in [5, 5.41) is 9.94. The molecule has 0 bridgehead atoms. The average Bonchev–Trinajstić information content (AvgIpc) is 2.80. The maximum Gasteiger partial charge on any atom is 0.112 e. The summed E-state index contributed by atoms with van der Waals surface area (Å²) in [4.78, 5) is 4.59. The maximum atomic E-state index is 9.20. The van der Waals surface area contributed by atoms with Gasteiger partial charge in [0.1, 0.15) is 5.82 Å². The minimum absolute atomic E-state index is 0.101. The smallest absolute Gasteiger partial charge is 0.112 e. The molecule has 3 rings (SSSR count). The third kappa shape index (κ3) is 2.55. The molecule has 1 heterocycles. The number of hydrogen-bond acceptors (Lipinski definition) is 2. The molecular formula is C16H15ClN2O. The van der Waals surface area contributed by atoms with Crippen LogP contribution in [0.4, 0.5) is 0 Å². The lowest BCUT2D eigenvalue weighted by molar-refractivity contribution is 0.295. The standard InChI is InChI=1S/C16H15ClN2O/c17-13-7-5-12(6-8-13)11-19-15-4-2-1-3-14(15)18-16(19)9-10-20/h1-8,20H,9-11H2. The molecule has 0 fully saturated rings. The van der Waals surface area contributed by atoms with Crippen molar-refractivity contribution < 1.29 is 5.11 Å². The molecule has 2 aromatic carbocycles. The van der Waals surface area contributed by atoms with Crippen molar-refractivity contribution in [3.05, 3.63) is 64.9 Å². The van der Waals surface area contributed by atoms with Crippen LogP contribution in [0.5, 0.6) is 0 Å². The van der Waals surface area contributed by atoms with Crippen molar-refractivity contribution in [1.82, 2.24) is 9.55 Å². The Bertz CT molecular complexity index is 719. The van der Waals surface area contributed by atoms with Crippen molar-refractivity contribution >= 4 is 22.6 Å². The Hall–Kier alpha value is -1.84. The van der Waals surface area contributed by atoms with E-state index in [2.05, 4.69) is 15.6 Å². The van der Waals surface area contributed by atoms with E-state index in [0.29, 0.717) is 6.42 Å². The lowest BCUT2D eigenvalue weighted by Gasteiger charge is -2.09. The van der Waals surface area contributed by atoms with Crippen molar-refractivity contribution in [2.24, 2.45) is 0 Å². The molecule has 0 saturated carbocycles. The molecule has 0 aliphatic carbocycles. The minimum atomic E-state index is 0.101. The van der Waals surface area contributed by atoms with E-state index in [1.807, 2.05) is 42.5 Å². The van der Waals surface area contributed by atoms with Gasteiger partial charge in [-0.25, -0.2) is 4.98 Å². The summed E-state index contributed by atoms with van der Waals surface area (Å²) in [6, 6.07) is 15.8. The fraction of sp³-hybridized carbons (Fsp3) is 0.188. The van der Waals surface area contributed by atoms with Crippen LogP contribution in [0.15, 0.2) is 48.5 Å². The summed E-state index contributed by atoms with van der Waals surface area (Å²) in [5.41, 5.74) is 3.22. The Morgan fingerprint density at radius 3 is 2.55 bits per heavy atom. The molecule has 3 aromatic rings. The zero-order valence-electron chi connectivity index (χ0n) is 11.0. The van der Waals surface area contributed by atoms with Gasteiger partial charge >= 0.3 is 0 Å². The highest BCUT2D eigenvalue weighted by atomic mass is 35.5. The van der Waals surface area contributed by atoms with Gasteiger partial charge in [0.05, 0.1) is 17.6 Å². The third-order valence-corrected chi connectivity index (χ3v) is 3.57. The highest BCUT2D eigenvalue weighted by Gasteiger charge is 2.10. The van der Waals surface area contributed by atoms with Crippen LogP contribution in [0.1, 0.15) is 11.4 Å². The Morgan fingerprint density at radius 2 is 1.80 bits per heavy atom.